The average Bonchev–Trinajstić information content (AvgIpc) is 2.40. The maximum atomic E-state index is 12.1. The lowest BCUT2D eigenvalue weighted by Gasteiger charge is -2.31. The lowest BCUT2D eigenvalue weighted by Crippen LogP contribution is -2.43. The summed E-state index contributed by atoms with van der Waals surface area (Å²) in [5, 5.41) is 9.79. The van der Waals surface area contributed by atoms with Crippen molar-refractivity contribution in [3.05, 3.63) is 35.9 Å². The second-order valence-corrected chi connectivity index (χ2v) is 7.48. The SMILES string of the molecule is NCC(c1ccccc1)C(O)C1CCCCS1(=O)=O. The summed E-state index contributed by atoms with van der Waals surface area (Å²) in [5.41, 5.74) is 6.65. The predicted octanol–water partition coefficient (Wildman–Crippen LogP) is 1.06. The van der Waals surface area contributed by atoms with Crippen LogP contribution in [0.25, 0.3) is 0 Å². The minimum absolute atomic E-state index is 0.181. The highest BCUT2D eigenvalue weighted by Crippen LogP contribution is 2.29. The summed E-state index contributed by atoms with van der Waals surface area (Å²) >= 11 is 0. The molecule has 5 heteroatoms. The molecule has 0 aliphatic carbocycles. The number of benzene rings is 1. The van der Waals surface area contributed by atoms with Crippen LogP contribution < -0.4 is 5.73 Å². The van der Waals surface area contributed by atoms with Crippen LogP contribution in [0.15, 0.2) is 30.3 Å². The fourth-order valence-electron chi connectivity index (χ4n) is 2.79. The van der Waals surface area contributed by atoms with E-state index in [0.717, 1.165) is 12.0 Å². The zero-order valence-electron chi connectivity index (χ0n) is 10.9. The Balaban J connectivity index is 2.23. The molecule has 1 heterocycles. The van der Waals surface area contributed by atoms with Gasteiger partial charge < -0.3 is 10.8 Å². The van der Waals surface area contributed by atoms with E-state index in [2.05, 4.69) is 0 Å². The zero-order chi connectivity index (χ0) is 13.9. The highest BCUT2D eigenvalue weighted by molar-refractivity contribution is 7.92. The normalized spacial score (nSPS) is 25.7. The van der Waals surface area contributed by atoms with Crippen LogP contribution in [-0.4, -0.2) is 37.2 Å². The molecule has 1 aromatic carbocycles. The number of sulfone groups is 1. The van der Waals surface area contributed by atoms with Crippen LogP contribution in [0.1, 0.15) is 30.7 Å². The first-order chi connectivity index (χ1) is 9.06. The Kier molecular flexibility index (Phi) is 4.60. The first kappa shape index (κ1) is 14.5. The van der Waals surface area contributed by atoms with Gasteiger partial charge in [0.25, 0.3) is 0 Å². The number of rotatable bonds is 4. The molecule has 0 spiro atoms. The Morgan fingerprint density at radius 3 is 2.53 bits per heavy atom. The minimum atomic E-state index is -3.19. The molecule has 0 saturated carbocycles. The predicted molar refractivity (Wildman–Crippen MR) is 75.7 cm³/mol. The standard InChI is InChI=1S/C14H21NO3S/c15-10-12(11-6-2-1-3-7-11)14(16)13-8-4-5-9-19(13,17)18/h1-3,6-7,12-14,16H,4-5,8-10,15H2. The summed E-state index contributed by atoms with van der Waals surface area (Å²) < 4.78 is 24.1. The molecular formula is C14H21NO3S. The number of aliphatic hydroxyl groups is 1. The summed E-state index contributed by atoms with van der Waals surface area (Å²) in [4.78, 5) is 0. The van der Waals surface area contributed by atoms with Crippen LogP contribution >= 0.6 is 0 Å². The second kappa shape index (κ2) is 6.03. The lowest BCUT2D eigenvalue weighted by atomic mass is 9.90. The van der Waals surface area contributed by atoms with Crippen LogP contribution in [0.4, 0.5) is 0 Å². The van der Waals surface area contributed by atoms with Gasteiger partial charge in [-0.25, -0.2) is 8.42 Å². The van der Waals surface area contributed by atoms with Crippen LogP contribution in [0.2, 0.25) is 0 Å². The van der Waals surface area contributed by atoms with Crippen LogP contribution in [0, 0.1) is 0 Å². The molecule has 3 unspecified atom stereocenters. The number of hydrogen-bond acceptors (Lipinski definition) is 4. The van der Waals surface area contributed by atoms with Gasteiger partial charge in [-0.05, 0) is 18.4 Å². The van der Waals surface area contributed by atoms with E-state index in [4.69, 9.17) is 5.73 Å². The van der Waals surface area contributed by atoms with Crippen LogP contribution in [-0.2, 0) is 9.84 Å². The maximum absolute atomic E-state index is 12.1. The van der Waals surface area contributed by atoms with E-state index in [0.29, 0.717) is 12.8 Å². The van der Waals surface area contributed by atoms with E-state index in [1.165, 1.54) is 0 Å². The number of nitrogens with two attached hydrogens (primary N) is 1. The molecule has 2 rings (SSSR count). The molecule has 106 valence electrons. The van der Waals surface area contributed by atoms with Gasteiger partial charge in [0.2, 0.25) is 0 Å². The van der Waals surface area contributed by atoms with Gasteiger partial charge in [0, 0.05) is 12.5 Å². The molecule has 0 radical (unpaired) electrons. The maximum Gasteiger partial charge on any atom is 0.155 e. The van der Waals surface area contributed by atoms with Gasteiger partial charge >= 0.3 is 0 Å². The first-order valence-electron chi connectivity index (χ1n) is 6.71. The monoisotopic (exact) mass is 283 g/mol. The van der Waals surface area contributed by atoms with Crippen molar-refractivity contribution in [2.24, 2.45) is 5.73 Å². The molecule has 0 amide bonds. The van der Waals surface area contributed by atoms with Gasteiger partial charge in [0.15, 0.2) is 9.84 Å². The van der Waals surface area contributed by atoms with Crippen molar-refractivity contribution < 1.29 is 13.5 Å². The second-order valence-electron chi connectivity index (χ2n) is 5.14. The van der Waals surface area contributed by atoms with Gasteiger partial charge in [0.05, 0.1) is 17.1 Å². The third-order valence-corrected chi connectivity index (χ3v) is 6.20. The Bertz CT molecular complexity index is 501. The van der Waals surface area contributed by atoms with Crippen molar-refractivity contribution in [2.75, 3.05) is 12.3 Å². The number of hydrogen-bond donors (Lipinski definition) is 2. The molecule has 1 aliphatic heterocycles. The Labute approximate surface area is 114 Å². The largest absolute Gasteiger partial charge is 0.391 e. The molecule has 1 fully saturated rings. The minimum Gasteiger partial charge on any atom is -0.391 e. The molecule has 0 bridgehead atoms. The fraction of sp³-hybridized carbons (Fsp3) is 0.571. The molecule has 19 heavy (non-hydrogen) atoms. The molecule has 1 aliphatic rings. The molecule has 1 saturated heterocycles. The van der Waals surface area contributed by atoms with Crippen LogP contribution in [0.3, 0.4) is 0 Å². The smallest absolute Gasteiger partial charge is 0.155 e. The summed E-state index contributed by atoms with van der Waals surface area (Å²) in [6, 6.07) is 9.41. The summed E-state index contributed by atoms with van der Waals surface area (Å²) in [6.45, 7) is 0.247. The summed E-state index contributed by atoms with van der Waals surface area (Å²) in [5.74, 6) is -0.139. The van der Waals surface area contributed by atoms with Gasteiger partial charge in [-0.1, -0.05) is 36.8 Å². The third-order valence-electron chi connectivity index (χ3n) is 3.90. The van der Waals surface area contributed by atoms with Gasteiger partial charge in [-0.15, -0.1) is 0 Å². The van der Waals surface area contributed by atoms with E-state index < -0.39 is 21.2 Å². The highest BCUT2D eigenvalue weighted by atomic mass is 32.2. The zero-order valence-corrected chi connectivity index (χ0v) is 11.7. The molecule has 0 aromatic heterocycles. The molecular weight excluding hydrogens is 262 g/mol. The van der Waals surface area contributed by atoms with E-state index in [-0.39, 0.29) is 18.2 Å². The summed E-state index contributed by atoms with van der Waals surface area (Å²) in [6.07, 6.45) is 1.17. The lowest BCUT2D eigenvalue weighted by molar-refractivity contribution is 0.133. The molecule has 3 atom stereocenters. The Morgan fingerprint density at radius 1 is 1.26 bits per heavy atom. The highest BCUT2D eigenvalue weighted by Gasteiger charge is 2.38. The Morgan fingerprint density at radius 2 is 1.95 bits per heavy atom. The van der Waals surface area contributed by atoms with E-state index in [1.54, 1.807) is 0 Å². The van der Waals surface area contributed by atoms with E-state index in [9.17, 15) is 13.5 Å². The Hall–Kier alpha value is -0.910. The number of aliphatic hydroxyl groups excluding tert-OH is 1. The van der Waals surface area contributed by atoms with Crippen molar-refractivity contribution in [3.63, 3.8) is 0 Å². The van der Waals surface area contributed by atoms with Crippen molar-refractivity contribution in [3.8, 4) is 0 Å². The first-order valence-corrected chi connectivity index (χ1v) is 8.42. The van der Waals surface area contributed by atoms with Crippen molar-refractivity contribution in [2.45, 2.75) is 36.5 Å². The van der Waals surface area contributed by atoms with E-state index in [1.807, 2.05) is 30.3 Å². The fourth-order valence-corrected chi connectivity index (χ4v) is 4.84. The van der Waals surface area contributed by atoms with Gasteiger partial charge in [0.1, 0.15) is 0 Å². The van der Waals surface area contributed by atoms with Gasteiger partial charge in [-0.3, -0.25) is 0 Å². The van der Waals surface area contributed by atoms with Crippen molar-refractivity contribution in [1.82, 2.24) is 0 Å². The van der Waals surface area contributed by atoms with E-state index >= 15 is 0 Å². The van der Waals surface area contributed by atoms with Crippen molar-refractivity contribution in [1.29, 1.82) is 0 Å². The summed E-state index contributed by atoms with van der Waals surface area (Å²) in [7, 11) is -3.19. The van der Waals surface area contributed by atoms with Crippen molar-refractivity contribution >= 4 is 9.84 Å². The van der Waals surface area contributed by atoms with Gasteiger partial charge in [-0.2, -0.15) is 0 Å². The molecule has 1 aromatic rings. The van der Waals surface area contributed by atoms with Crippen LogP contribution in [0.5, 0.6) is 0 Å². The topological polar surface area (TPSA) is 80.4 Å². The quantitative estimate of drug-likeness (QED) is 0.866. The molecule has 3 N–H and O–H groups in total. The average molecular weight is 283 g/mol. The molecule has 4 nitrogen and oxygen atoms in total. The third kappa shape index (κ3) is 3.16.